The molecule has 2 nitrogen and oxygen atoms in total. The first-order chi connectivity index (χ1) is 6.83. The quantitative estimate of drug-likeness (QED) is 0.723. The van der Waals surface area contributed by atoms with E-state index in [1.807, 2.05) is 6.92 Å². The van der Waals surface area contributed by atoms with Crippen LogP contribution in [0, 0.1) is 0 Å². The Labute approximate surface area is 92.2 Å². The molecule has 0 radical (unpaired) electrons. The van der Waals surface area contributed by atoms with Gasteiger partial charge in [-0.15, -0.1) is 11.3 Å². The smallest absolute Gasteiger partial charge is 0.0359 e. The first-order valence-electron chi connectivity index (χ1n) is 4.91. The zero-order valence-corrected chi connectivity index (χ0v) is 10.1. The number of hydrogen-bond acceptors (Lipinski definition) is 3. The van der Waals surface area contributed by atoms with Crippen LogP contribution in [0.15, 0.2) is 17.5 Å². The molecule has 0 aromatic carbocycles. The molecule has 1 aromatic heterocycles. The summed E-state index contributed by atoms with van der Waals surface area (Å²) in [6.07, 6.45) is 1.08. The molecule has 1 unspecified atom stereocenters. The summed E-state index contributed by atoms with van der Waals surface area (Å²) in [5.41, 5.74) is 0. The molecule has 14 heavy (non-hydrogen) atoms. The summed E-state index contributed by atoms with van der Waals surface area (Å²) in [7, 11) is -0.627. The molecule has 80 valence electrons. The van der Waals surface area contributed by atoms with Crippen LogP contribution in [0.5, 0.6) is 0 Å². The van der Waals surface area contributed by atoms with Gasteiger partial charge >= 0.3 is 0 Å². The van der Waals surface area contributed by atoms with Crippen LogP contribution in [0.3, 0.4) is 0 Å². The molecule has 0 fully saturated rings. The third kappa shape index (κ3) is 4.88. The minimum Gasteiger partial charge on any atom is -0.315 e. The van der Waals surface area contributed by atoms with Gasteiger partial charge < -0.3 is 5.32 Å². The fraction of sp³-hybridized carbons (Fsp3) is 0.600. The molecule has 0 aliphatic rings. The Hall–Kier alpha value is -0.190. The Morgan fingerprint density at radius 2 is 2.36 bits per heavy atom. The van der Waals surface area contributed by atoms with Crippen LogP contribution in [0.1, 0.15) is 11.8 Å². The second-order valence-electron chi connectivity index (χ2n) is 3.01. The normalized spacial score (nSPS) is 12.9. The molecule has 0 amide bonds. The van der Waals surface area contributed by atoms with Crippen LogP contribution in [0.4, 0.5) is 0 Å². The second kappa shape index (κ2) is 7.15. The number of thiophene rings is 1. The molecule has 0 aliphatic carbocycles. The van der Waals surface area contributed by atoms with Gasteiger partial charge in [-0.25, -0.2) is 0 Å². The lowest BCUT2D eigenvalue weighted by Gasteiger charge is -2.02. The molecular weight excluding hydrogens is 214 g/mol. The van der Waals surface area contributed by atoms with Crippen LogP contribution in [0.25, 0.3) is 0 Å². The van der Waals surface area contributed by atoms with E-state index in [1.165, 1.54) is 4.88 Å². The summed E-state index contributed by atoms with van der Waals surface area (Å²) in [6, 6.07) is 4.22. The van der Waals surface area contributed by atoms with E-state index >= 15 is 0 Å². The minimum atomic E-state index is -0.627. The topological polar surface area (TPSA) is 29.1 Å². The maximum atomic E-state index is 11.1. The standard InChI is InChI=1S/C10H17NOS2/c1-2-14(12)9-7-11-6-5-10-4-3-8-13-10/h3-4,8,11H,2,5-7,9H2,1H3. The minimum absolute atomic E-state index is 0.627. The van der Waals surface area contributed by atoms with Crippen molar-refractivity contribution in [2.45, 2.75) is 13.3 Å². The van der Waals surface area contributed by atoms with Crippen molar-refractivity contribution in [1.29, 1.82) is 0 Å². The summed E-state index contributed by atoms with van der Waals surface area (Å²) in [5, 5.41) is 5.40. The molecule has 0 spiro atoms. The van der Waals surface area contributed by atoms with Crippen LogP contribution in [0.2, 0.25) is 0 Å². The van der Waals surface area contributed by atoms with Crippen molar-refractivity contribution in [3.63, 3.8) is 0 Å². The predicted octanol–water partition coefficient (Wildman–Crippen LogP) is 1.65. The summed E-state index contributed by atoms with van der Waals surface area (Å²) < 4.78 is 11.1. The molecule has 1 heterocycles. The van der Waals surface area contributed by atoms with E-state index in [9.17, 15) is 4.21 Å². The Balaban J connectivity index is 1.97. The van der Waals surface area contributed by atoms with Crippen LogP contribution >= 0.6 is 11.3 Å². The molecule has 0 saturated heterocycles. The zero-order chi connectivity index (χ0) is 10.2. The van der Waals surface area contributed by atoms with E-state index in [1.54, 1.807) is 11.3 Å². The van der Waals surface area contributed by atoms with Gasteiger partial charge in [0.2, 0.25) is 0 Å². The Morgan fingerprint density at radius 1 is 1.50 bits per heavy atom. The maximum Gasteiger partial charge on any atom is 0.0359 e. The van der Waals surface area contributed by atoms with Gasteiger partial charge in [0.1, 0.15) is 0 Å². The molecular formula is C10H17NOS2. The molecule has 1 rings (SSSR count). The largest absolute Gasteiger partial charge is 0.315 e. The van der Waals surface area contributed by atoms with E-state index in [2.05, 4.69) is 22.8 Å². The van der Waals surface area contributed by atoms with E-state index in [0.717, 1.165) is 31.0 Å². The lowest BCUT2D eigenvalue weighted by molar-refractivity contribution is 0.673. The third-order valence-corrected chi connectivity index (χ3v) is 4.20. The van der Waals surface area contributed by atoms with Gasteiger partial charge in [-0.2, -0.15) is 0 Å². The highest BCUT2D eigenvalue weighted by atomic mass is 32.2. The van der Waals surface area contributed by atoms with E-state index in [-0.39, 0.29) is 0 Å². The van der Waals surface area contributed by atoms with Crippen molar-refractivity contribution < 1.29 is 4.21 Å². The van der Waals surface area contributed by atoms with Crippen molar-refractivity contribution in [1.82, 2.24) is 5.32 Å². The molecule has 1 N–H and O–H groups in total. The number of nitrogens with one attached hydrogen (secondary N) is 1. The first kappa shape index (κ1) is 11.9. The van der Waals surface area contributed by atoms with Crippen LogP contribution in [-0.2, 0) is 17.2 Å². The molecule has 4 heteroatoms. The summed E-state index contributed by atoms with van der Waals surface area (Å²) in [6.45, 7) is 3.81. The van der Waals surface area contributed by atoms with Gasteiger partial charge in [-0.05, 0) is 24.4 Å². The Morgan fingerprint density at radius 3 is 3.00 bits per heavy atom. The van der Waals surface area contributed by atoms with Gasteiger partial charge in [0, 0.05) is 33.7 Å². The second-order valence-corrected chi connectivity index (χ2v) is 5.91. The molecule has 1 aromatic rings. The van der Waals surface area contributed by atoms with Crippen molar-refractivity contribution in [3.05, 3.63) is 22.4 Å². The van der Waals surface area contributed by atoms with E-state index in [0.29, 0.717) is 0 Å². The third-order valence-electron chi connectivity index (χ3n) is 1.96. The lowest BCUT2D eigenvalue weighted by atomic mass is 10.3. The molecule has 0 aliphatic heterocycles. The summed E-state index contributed by atoms with van der Waals surface area (Å²) >= 11 is 1.79. The van der Waals surface area contributed by atoms with Gasteiger partial charge in [0.05, 0.1) is 0 Å². The van der Waals surface area contributed by atoms with Crippen LogP contribution < -0.4 is 5.32 Å². The average molecular weight is 231 g/mol. The fourth-order valence-corrected chi connectivity index (χ4v) is 2.49. The molecule has 1 atom stereocenters. The highest BCUT2D eigenvalue weighted by molar-refractivity contribution is 7.84. The maximum absolute atomic E-state index is 11.1. The van der Waals surface area contributed by atoms with Crippen molar-refractivity contribution in [2.75, 3.05) is 24.6 Å². The van der Waals surface area contributed by atoms with E-state index in [4.69, 9.17) is 0 Å². The van der Waals surface area contributed by atoms with Gasteiger partial charge in [0.25, 0.3) is 0 Å². The summed E-state index contributed by atoms with van der Waals surface area (Å²) in [4.78, 5) is 1.41. The van der Waals surface area contributed by atoms with Crippen molar-refractivity contribution in [3.8, 4) is 0 Å². The number of hydrogen-bond donors (Lipinski definition) is 1. The SMILES string of the molecule is CCS(=O)CCNCCc1cccs1. The average Bonchev–Trinajstić information content (AvgIpc) is 2.69. The first-order valence-corrected chi connectivity index (χ1v) is 7.27. The highest BCUT2D eigenvalue weighted by Gasteiger charge is 1.96. The molecule has 0 saturated carbocycles. The zero-order valence-electron chi connectivity index (χ0n) is 8.49. The molecule has 0 bridgehead atoms. The Bertz CT molecular complexity index is 259. The predicted molar refractivity (Wildman–Crippen MR) is 64.4 cm³/mol. The van der Waals surface area contributed by atoms with E-state index < -0.39 is 10.8 Å². The van der Waals surface area contributed by atoms with Crippen molar-refractivity contribution in [2.24, 2.45) is 0 Å². The van der Waals surface area contributed by atoms with Crippen molar-refractivity contribution >= 4 is 22.1 Å². The Kier molecular flexibility index (Phi) is 6.07. The van der Waals surface area contributed by atoms with Gasteiger partial charge in [-0.1, -0.05) is 13.0 Å². The number of rotatable bonds is 7. The lowest BCUT2D eigenvalue weighted by Crippen LogP contribution is -2.23. The summed E-state index contributed by atoms with van der Waals surface area (Å²) in [5.74, 6) is 1.55. The van der Waals surface area contributed by atoms with Crippen LogP contribution in [-0.4, -0.2) is 28.8 Å². The fourth-order valence-electron chi connectivity index (χ4n) is 1.12. The van der Waals surface area contributed by atoms with Gasteiger partial charge in [-0.3, -0.25) is 4.21 Å². The highest BCUT2D eigenvalue weighted by Crippen LogP contribution is 2.07. The monoisotopic (exact) mass is 231 g/mol. The van der Waals surface area contributed by atoms with Gasteiger partial charge in [0.15, 0.2) is 0 Å².